The Kier molecular flexibility index (Phi) is 4.76. The number of benzene rings is 1. The Morgan fingerprint density at radius 2 is 1.95 bits per heavy atom. The van der Waals surface area contributed by atoms with Gasteiger partial charge in [0.1, 0.15) is 6.33 Å². The summed E-state index contributed by atoms with van der Waals surface area (Å²) in [4.78, 5) is 10.6. The summed E-state index contributed by atoms with van der Waals surface area (Å²) in [5, 5.41) is 3.26. The molecule has 0 spiro atoms. The molecule has 2 aromatic rings. The first-order chi connectivity index (χ1) is 9.77. The molecule has 0 aliphatic rings. The zero-order valence-corrected chi connectivity index (χ0v) is 12.1. The quantitative estimate of drug-likeness (QED) is 0.875. The highest BCUT2D eigenvalue weighted by Gasteiger charge is 2.16. The molecule has 1 heterocycles. The minimum absolute atomic E-state index is 0.660. The summed E-state index contributed by atoms with van der Waals surface area (Å²) in [6.07, 6.45) is 2.58. The lowest BCUT2D eigenvalue weighted by atomic mass is 10.3. The van der Waals surface area contributed by atoms with E-state index in [0.29, 0.717) is 5.75 Å². The molecular formula is C15H20N4O. The highest BCUT2D eigenvalue weighted by Crippen LogP contribution is 2.34. The van der Waals surface area contributed by atoms with Gasteiger partial charge in [0, 0.05) is 19.3 Å². The van der Waals surface area contributed by atoms with E-state index >= 15 is 0 Å². The van der Waals surface area contributed by atoms with Crippen molar-refractivity contribution in [3.63, 3.8) is 0 Å². The van der Waals surface area contributed by atoms with Crippen molar-refractivity contribution in [3.8, 4) is 5.75 Å². The largest absolute Gasteiger partial charge is 0.490 e. The molecule has 0 amide bonds. The van der Waals surface area contributed by atoms with E-state index < -0.39 is 0 Å². The summed E-state index contributed by atoms with van der Waals surface area (Å²) in [5.41, 5.74) is 1.05. The fourth-order valence-corrected chi connectivity index (χ4v) is 1.93. The van der Waals surface area contributed by atoms with E-state index in [1.165, 1.54) is 0 Å². The third kappa shape index (κ3) is 2.99. The minimum Gasteiger partial charge on any atom is -0.490 e. The van der Waals surface area contributed by atoms with Gasteiger partial charge in [-0.05, 0) is 18.6 Å². The summed E-state index contributed by atoms with van der Waals surface area (Å²) >= 11 is 0. The predicted molar refractivity (Wildman–Crippen MR) is 81.9 cm³/mol. The number of anilines is 3. The van der Waals surface area contributed by atoms with Crippen LogP contribution < -0.4 is 15.0 Å². The SMILES string of the molecule is CCCNc1ncnc(N(C)c2ccccc2)c1OC. The number of hydrogen-bond donors (Lipinski definition) is 1. The van der Waals surface area contributed by atoms with E-state index in [0.717, 1.165) is 30.3 Å². The molecule has 0 radical (unpaired) electrons. The Hall–Kier alpha value is -2.30. The van der Waals surface area contributed by atoms with Crippen molar-refractivity contribution < 1.29 is 4.74 Å². The smallest absolute Gasteiger partial charge is 0.204 e. The Balaban J connectivity index is 2.36. The molecule has 106 valence electrons. The molecule has 0 atom stereocenters. The van der Waals surface area contributed by atoms with Crippen LogP contribution in [0.5, 0.6) is 5.75 Å². The van der Waals surface area contributed by atoms with Gasteiger partial charge in [-0.3, -0.25) is 0 Å². The van der Waals surface area contributed by atoms with Gasteiger partial charge < -0.3 is 15.0 Å². The zero-order valence-electron chi connectivity index (χ0n) is 12.1. The first kappa shape index (κ1) is 14.1. The van der Waals surface area contributed by atoms with Crippen molar-refractivity contribution in [1.82, 2.24) is 9.97 Å². The molecular weight excluding hydrogens is 252 g/mol. The summed E-state index contributed by atoms with van der Waals surface area (Å²) in [7, 11) is 3.60. The van der Waals surface area contributed by atoms with Crippen LogP contribution in [0.1, 0.15) is 13.3 Å². The number of nitrogens with zero attached hydrogens (tertiary/aromatic N) is 3. The molecule has 0 unspecified atom stereocenters. The molecule has 0 aliphatic carbocycles. The first-order valence-corrected chi connectivity index (χ1v) is 6.69. The lowest BCUT2D eigenvalue weighted by Crippen LogP contribution is -2.14. The van der Waals surface area contributed by atoms with E-state index in [1.54, 1.807) is 13.4 Å². The molecule has 1 N–H and O–H groups in total. The molecule has 1 aromatic carbocycles. The van der Waals surface area contributed by atoms with E-state index in [4.69, 9.17) is 4.74 Å². The zero-order chi connectivity index (χ0) is 14.4. The number of methoxy groups -OCH3 is 1. The van der Waals surface area contributed by atoms with Crippen LogP contribution in [-0.4, -0.2) is 30.7 Å². The van der Waals surface area contributed by atoms with Gasteiger partial charge >= 0.3 is 0 Å². The maximum atomic E-state index is 5.49. The number of aromatic nitrogens is 2. The lowest BCUT2D eigenvalue weighted by molar-refractivity contribution is 0.413. The fourth-order valence-electron chi connectivity index (χ4n) is 1.93. The minimum atomic E-state index is 0.660. The maximum absolute atomic E-state index is 5.49. The second-order valence-electron chi connectivity index (χ2n) is 4.40. The van der Waals surface area contributed by atoms with Crippen molar-refractivity contribution >= 4 is 17.3 Å². The number of ether oxygens (including phenoxy) is 1. The summed E-state index contributed by atoms with van der Waals surface area (Å²) in [5.74, 6) is 2.13. The average molecular weight is 272 g/mol. The second-order valence-corrected chi connectivity index (χ2v) is 4.40. The van der Waals surface area contributed by atoms with Gasteiger partial charge in [-0.1, -0.05) is 25.1 Å². The highest BCUT2D eigenvalue weighted by atomic mass is 16.5. The summed E-state index contributed by atoms with van der Waals surface area (Å²) in [6, 6.07) is 10.0. The van der Waals surface area contributed by atoms with E-state index in [1.807, 2.05) is 42.3 Å². The third-order valence-corrected chi connectivity index (χ3v) is 2.99. The molecule has 0 bridgehead atoms. The van der Waals surface area contributed by atoms with Gasteiger partial charge in [-0.2, -0.15) is 0 Å². The van der Waals surface area contributed by atoms with Crippen LogP contribution in [0.3, 0.4) is 0 Å². The van der Waals surface area contributed by atoms with Gasteiger partial charge in [0.25, 0.3) is 0 Å². The molecule has 0 fully saturated rings. The highest BCUT2D eigenvalue weighted by molar-refractivity contribution is 5.70. The van der Waals surface area contributed by atoms with Crippen molar-refractivity contribution in [3.05, 3.63) is 36.7 Å². The maximum Gasteiger partial charge on any atom is 0.204 e. The Morgan fingerprint density at radius 1 is 1.20 bits per heavy atom. The molecule has 0 aliphatic heterocycles. The summed E-state index contributed by atoms with van der Waals surface area (Å²) in [6.45, 7) is 2.96. The topological polar surface area (TPSA) is 50.3 Å². The van der Waals surface area contributed by atoms with Crippen LogP contribution in [0.25, 0.3) is 0 Å². The molecule has 5 heteroatoms. The third-order valence-electron chi connectivity index (χ3n) is 2.99. The van der Waals surface area contributed by atoms with Gasteiger partial charge in [0.2, 0.25) is 5.75 Å². The van der Waals surface area contributed by atoms with Crippen LogP contribution >= 0.6 is 0 Å². The Bertz CT molecular complexity index is 545. The average Bonchev–Trinajstić information content (AvgIpc) is 2.52. The Labute approximate surface area is 119 Å². The lowest BCUT2D eigenvalue weighted by Gasteiger charge is -2.21. The van der Waals surface area contributed by atoms with E-state index in [-0.39, 0.29) is 0 Å². The van der Waals surface area contributed by atoms with Crippen LogP contribution in [0.2, 0.25) is 0 Å². The van der Waals surface area contributed by atoms with Crippen molar-refractivity contribution in [2.45, 2.75) is 13.3 Å². The summed E-state index contributed by atoms with van der Waals surface area (Å²) < 4.78 is 5.49. The van der Waals surface area contributed by atoms with Crippen molar-refractivity contribution in [2.24, 2.45) is 0 Å². The molecule has 0 saturated carbocycles. The second kappa shape index (κ2) is 6.75. The van der Waals surface area contributed by atoms with Crippen molar-refractivity contribution in [1.29, 1.82) is 0 Å². The van der Waals surface area contributed by atoms with Gasteiger partial charge in [-0.15, -0.1) is 0 Å². The molecule has 2 rings (SSSR count). The normalized spacial score (nSPS) is 10.2. The van der Waals surface area contributed by atoms with Crippen LogP contribution in [0.4, 0.5) is 17.3 Å². The van der Waals surface area contributed by atoms with Gasteiger partial charge in [0.05, 0.1) is 7.11 Å². The first-order valence-electron chi connectivity index (χ1n) is 6.69. The molecule has 5 nitrogen and oxygen atoms in total. The standard InChI is InChI=1S/C15H20N4O/c1-4-10-16-14-13(20-3)15(18-11-17-14)19(2)12-8-6-5-7-9-12/h5-9,11H,4,10H2,1-3H3,(H,16,17,18). The van der Waals surface area contributed by atoms with Crippen LogP contribution in [0, 0.1) is 0 Å². The van der Waals surface area contributed by atoms with Gasteiger partial charge in [-0.25, -0.2) is 9.97 Å². The van der Waals surface area contributed by atoms with Crippen molar-refractivity contribution in [2.75, 3.05) is 30.9 Å². The number of rotatable bonds is 6. The van der Waals surface area contributed by atoms with Crippen LogP contribution in [-0.2, 0) is 0 Å². The monoisotopic (exact) mass is 272 g/mol. The molecule has 1 aromatic heterocycles. The van der Waals surface area contributed by atoms with Gasteiger partial charge in [0.15, 0.2) is 11.6 Å². The Morgan fingerprint density at radius 3 is 2.60 bits per heavy atom. The number of para-hydroxylation sites is 1. The predicted octanol–water partition coefficient (Wildman–Crippen LogP) is 3.08. The number of nitrogens with one attached hydrogen (secondary N) is 1. The van der Waals surface area contributed by atoms with E-state index in [2.05, 4.69) is 22.2 Å². The fraction of sp³-hybridized carbons (Fsp3) is 0.333. The number of hydrogen-bond acceptors (Lipinski definition) is 5. The van der Waals surface area contributed by atoms with Crippen LogP contribution in [0.15, 0.2) is 36.7 Å². The molecule has 0 saturated heterocycles. The van der Waals surface area contributed by atoms with E-state index in [9.17, 15) is 0 Å². The molecule has 20 heavy (non-hydrogen) atoms.